The van der Waals surface area contributed by atoms with E-state index in [1.54, 1.807) is 0 Å². The maximum absolute atomic E-state index is 13.0. The van der Waals surface area contributed by atoms with E-state index in [-0.39, 0.29) is 13.0 Å². The minimum Gasteiger partial charge on any atom is -0.396 e. The predicted molar refractivity (Wildman–Crippen MR) is 40.1 cm³/mol. The van der Waals surface area contributed by atoms with Crippen LogP contribution in [0.15, 0.2) is 0 Å². The number of hydrogen-bond acceptors (Lipinski definition) is 4. The lowest BCUT2D eigenvalue weighted by Gasteiger charge is -2.36. The molecule has 0 aromatic carbocycles. The zero-order valence-corrected chi connectivity index (χ0v) is 6.60. The molecule has 5 heteroatoms. The molecule has 1 saturated carbocycles. The molecule has 0 aliphatic heterocycles. The van der Waals surface area contributed by atoms with E-state index in [1.165, 1.54) is 0 Å². The second-order valence-electron chi connectivity index (χ2n) is 3.26. The van der Waals surface area contributed by atoms with Crippen LogP contribution in [0.25, 0.3) is 0 Å². The summed E-state index contributed by atoms with van der Waals surface area (Å²) in [6, 6.07) is -1.04. The molecule has 72 valence electrons. The Morgan fingerprint density at radius 2 is 2.00 bits per heavy atom. The van der Waals surface area contributed by atoms with E-state index in [4.69, 9.17) is 10.8 Å². The Morgan fingerprint density at radius 3 is 2.50 bits per heavy atom. The summed E-state index contributed by atoms with van der Waals surface area (Å²) in [5, 5.41) is 27.1. The molecule has 0 bridgehead atoms. The molecule has 1 rings (SSSR count). The van der Waals surface area contributed by atoms with Crippen LogP contribution < -0.4 is 5.73 Å². The van der Waals surface area contributed by atoms with Gasteiger partial charge in [-0.1, -0.05) is 0 Å². The van der Waals surface area contributed by atoms with E-state index in [1.807, 2.05) is 0 Å². The Bertz CT molecular complexity index is 153. The average molecular weight is 179 g/mol. The maximum Gasteiger partial charge on any atom is 0.144 e. The summed E-state index contributed by atoms with van der Waals surface area (Å²) in [5.74, 6) is -0.602. The number of alkyl halides is 1. The van der Waals surface area contributed by atoms with E-state index in [0.717, 1.165) is 0 Å². The molecule has 1 fully saturated rings. The largest absolute Gasteiger partial charge is 0.396 e. The van der Waals surface area contributed by atoms with Crippen molar-refractivity contribution < 1.29 is 19.7 Å². The molecule has 1 aliphatic rings. The van der Waals surface area contributed by atoms with Crippen LogP contribution in [-0.4, -0.2) is 46.3 Å². The van der Waals surface area contributed by atoms with Gasteiger partial charge in [0.2, 0.25) is 0 Å². The normalized spacial score (nSPS) is 49.2. The van der Waals surface area contributed by atoms with Crippen molar-refractivity contribution in [2.24, 2.45) is 11.7 Å². The molecular weight excluding hydrogens is 165 g/mol. The summed E-state index contributed by atoms with van der Waals surface area (Å²) in [7, 11) is 0. The van der Waals surface area contributed by atoms with E-state index in [9.17, 15) is 14.6 Å². The molecule has 0 spiro atoms. The van der Waals surface area contributed by atoms with Gasteiger partial charge >= 0.3 is 0 Å². The zero-order valence-electron chi connectivity index (χ0n) is 6.60. The van der Waals surface area contributed by atoms with Crippen LogP contribution in [0, 0.1) is 5.92 Å². The Balaban J connectivity index is 2.63. The molecule has 0 radical (unpaired) electrons. The van der Waals surface area contributed by atoms with Gasteiger partial charge in [-0.2, -0.15) is 0 Å². The third kappa shape index (κ3) is 1.59. The molecule has 5 unspecified atom stereocenters. The topological polar surface area (TPSA) is 86.7 Å². The van der Waals surface area contributed by atoms with Gasteiger partial charge in [0.15, 0.2) is 0 Å². The highest BCUT2D eigenvalue weighted by atomic mass is 19.1. The zero-order chi connectivity index (χ0) is 9.30. The lowest BCUT2D eigenvalue weighted by atomic mass is 9.81. The van der Waals surface area contributed by atoms with E-state index in [2.05, 4.69) is 0 Å². The molecule has 0 aromatic rings. The van der Waals surface area contributed by atoms with Gasteiger partial charge in [-0.25, -0.2) is 4.39 Å². The minimum absolute atomic E-state index is 0.152. The number of rotatable bonds is 1. The molecular formula is C7H14FNO3. The van der Waals surface area contributed by atoms with Gasteiger partial charge in [0.25, 0.3) is 0 Å². The second kappa shape index (κ2) is 3.66. The Kier molecular flexibility index (Phi) is 3.00. The van der Waals surface area contributed by atoms with Crippen LogP contribution in [0.1, 0.15) is 6.42 Å². The maximum atomic E-state index is 13.0. The van der Waals surface area contributed by atoms with Crippen LogP contribution in [-0.2, 0) is 0 Å². The highest BCUT2D eigenvalue weighted by Crippen LogP contribution is 2.26. The Labute approximate surface area is 69.8 Å². The van der Waals surface area contributed by atoms with Crippen molar-refractivity contribution in [3.05, 3.63) is 0 Å². The molecule has 5 N–H and O–H groups in total. The molecule has 0 aromatic heterocycles. The van der Waals surface area contributed by atoms with E-state index >= 15 is 0 Å². The number of aliphatic hydroxyl groups is 3. The first-order chi connectivity index (χ1) is 5.57. The van der Waals surface area contributed by atoms with Crippen molar-refractivity contribution in [3.63, 3.8) is 0 Å². The van der Waals surface area contributed by atoms with Gasteiger partial charge in [0.1, 0.15) is 6.17 Å². The van der Waals surface area contributed by atoms with Crippen molar-refractivity contribution in [1.82, 2.24) is 0 Å². The highest BCUT2D eigenvalue weighted by Gasteiger charge is 2.41. The van der Waals surface area contributed by atoms with Gasteiger partial charge < -0.3 is 21.1 Å². The molecule has 0 amide bonds. The first kappa shape index (κ1) is 9.85. The van der Waals surface area contributed by atoms with Gasteiger partial charge in [0, 0.05) is 12.5 Å². The highest BCUT2D eigenvalue weighted by molar-refractivity contribution is 4.94. The standard InChI is InChI=1S/C7H14FNO3/c8-5-6(9)4(11)1-3(2-10)7(5)12/h3-7,10-12H,1-2,9H2. The number of hydrogen-bond donors (Lipinski definition) is 4. The fourth-order valence-electron chi connectivity index (χ4n) is 1.49. The van der Waals surface area contributed by atoms with E-state index < -0.39 is 30.3 Å². The van der Waals surface area contributed by atoms with Crippen molar-refractivity contribution in [2.75, 3.05) is 6.61 Å². The molecule has 12 heavy (non-hydrogen) atoms. The Hall–Kier alpha value is -0.230. The smallest absolute Gasteiger partial charge is 0.144 e. The second-order valence-corrected chi connectivity index (χ2v) is 3.26. The van der Waals surface area contributed by atoms with E-state index in [0.29, 0.717) is 0 Å². The van der Waals surface area contributed by atoms with Gasteiger partial charge in [-0.3, -0.25) is 0 Å². The van der Waals surface area contributed by atoms with Crippen molar-refractivity contribution in [3.8, 4) is 0 Å². The average Bonchev–Trinajstić information content (AvgIpc) is 2.08. The summed E-state index contributed by atoms with van der Waals surface area (Å²) in [5.41, 5.74) is 5.26. The quantitative estimate of drug-likeness (QED) is 0.390. The first-order valence-electron chi connectivity index (χ1n) is 3.94. The molecule has 0 heterocycles. The monoisotopic (exact) mass is 179 g/mol. The van der Waals surface area contributed by atoms with Gasteiger partial charge in [-0.05, 0) is 6.42 Å². The summed E-state index contributed by atoms with van der Waals surface area (Å²) >= 11 is 0. The van der Waals surface area contributed by atoms with Crippen molar-refractivity contribution in [2.45, 2.75) is 30.8 Å². The summed E-state index contributed by atoms with van der Waals surface area (Å²) in [6.45, 7) is -0.328. The van der Waals surface area contributed by atoms with Crippen LogP contribution in [0.3, 0.4) is 0 Å². The van der Waals surface area contributed by atoms with Gasteiger partial charge in [-0.15, -0.1) is 0 Å². The lowest BCUT2D eigenvalue weighted by Crippen LogP contribution is -2.56. The number of aliphatic hydroxyl groups excluding tert-OH is 3. The SMILES string of the molecule is NC1C(O)CC(CO)C(O)C1F. The third-order valence-electron chi connectivity index (χ3n) is 2.40. The molecule has 0 saturated heterocycles. The van der Waals surface area contributed by atoms with Gasteiger partial charge in [0.05, 0.1) is 18.2 Å². The first-order valence-corrected chi connectivity index (χ1v) is 3.94. The van der Waals surface area contributed by atoms with Crippen LogP contribution in [0.2, 0.25) is 0 Å². The van der Waals surface area contributed by atoms with Crippen LogP contribution in [0.4, 0.5) is 4.39 Å². The number of nitrogens with two attached hydrogens (primary N) is 1. The molecule has 5 atom stereocenters. The van der Waals surface area contributed by atoms with Crippen LogP contribution >= 0.6 is 0 Å². The van der Waals surface area contributed by atoms with Crippen molar-refractivity contribution in [1.29, 1.82) is 0 Å². The third-order valence-corrected chi connectivity index (χ3v) is 2.40. The predicted octanol–water partition coefficient (Wildman–Crippen LogP) is -1.61. The number of halogens is 1. The fourth-order valence-corrected chi connectivity index (χ4v) is 1.49. The molecule has 4 nitrogen and oxygen atoms in total. The summed E-state index contributed by atoms with van der Waals surface area (Å²) < 4.78 is 13.0. The fraction of sp³-hybridized carbons (Fsp3) is 1.00. The van der Waals surface area contributed by atoms with Crippen LogP contribution in [0.5, 0.6) is 0 Å². The minimum atomic E-state index is -1.65. The summed E-state index contributed by atoms with van der Waals surface area (Å²) in [4.78, 5) is 0. The lowest BCUT2D eigenvalue weighted by molar-refractivity contribution is -0.0764. The summed E-state index contributed by atoms with van der Waals surface area (Å²) in [6.07, 6.45) is -3.72. The van der Waals surface area contributed by atoms with Crippen molar-refractivity contribution >= 4 is 0 Å². The molecule has 1 aliphatic carbocycles. The Morgan fingerprint density at radius 1 is 1.42 bits per heavy atom.